The number of nitrogens with one attached hydrogen (secondary N) is 2. The lowest BCUT2D eigenvalue weighted by Crippen LogP contribution is -2.22. The SMILES string of the molecule is O=C(CNc1cccc(Br)c1)Nc1ccc(F)c(F)c1F. The van der Waals surface area contributed by atoms with E-state index in [4.69, 9.17) is 0 Å². The quantitative estimate of drug-likeness (QED) is 0.813. The summed E-state index contributed by atoms with van der Waals surface area (Å²) in [5.41, 5.74) is 0.278. The predicted molar refractivity (Wildman–Crippen MR) is 77.6 cm³/mol. The Kier molecular flexibility index (Phi) is 4.85. The highest BCUT2D eigenvalue weighted by atomic mass is 79.9. The summed E-state index contributed by atoms with van der Waals surface area (Å²) >= 11 is 3.28. The van der Waals surface area contributed by atoms with Crippen molar-refractivity contribution in [1.82, 2.24) is 0 Å². The number of carbonyl (C=O) groups excluding carboxylic acids is 1. The van der Waals surface area contributed by atoms with Crippen LogP contribution in [0.1, 0.15) is 0 Å². The van der Waals surface area contributed by atoms with E-state index in [1.807, 2.05) is 6.07 Å². The Morgan fingerprint density at radius 2 is 1.86 bits per heavy atom. The minimum Gasteiger partial charge on any atom is -0.376 e. The molecule has 2 N–H and O–H groups in total. The molecule has 0 aliphatic heterocycles. The summed E-state index contributed by atoms with van der Waals surface area (Å²) in [4.78, 5) is 11.7. The second kappa shape index (κ2) is 6.62. The van der Waals surface area contributed by atoms with Crippen LogP contribution in [-0.4, -0.2) is 12.5 Å². The third kappa shape index (κ3) is 3.98. The van der Waals surface area contributed by atoms with Crippen molar-refractivity contribution in [2.75, 3.05) is 17.2 Å². The van der Waals surface area contributed by atoms with Gasteiger partial charge in [0.1, 0.15) is 0 Å². The zero-order valence-corrected chi connectivity index (χ0v) is 12.2. The molecule has 2 aromatic carbocycles. The summed E-state index contributed by atoms with van der Waals surface area (Å²) < 4.78 is 40.0. The first-order chi connectivity index (χ1) is 9.97. The summed E-state index contributed by atoms with van der Waals surface area (Å²) in [6, 6.07) is 8.81. The fourth-order valence-corrected chi connectivity index (χ4v) is 2.00. The first-order valence-corrected chi connectivity index (χ1v) is 6.69. The van der Waals surface area contributed by atoms with E-state index in [-0.39, 0.29) is 6.54 Å². The molecule has 1 amide bonds. The van der Waals surface area contributed by atoms with E-state index in [1.165, 1.54) is 0 Å². The van der Waals surface area contributed by atoms with Gasteiger partial charge in [-0.3, -0.25) is 4.79 Å². The molecule has 0 saturated heterocycles. The molecule has 0 atom stereocenters. The molecule has 0 saturated carbocycles. The van der Waals surface area contributed by atoms with Crippen molar-refractivity contribution >= 4 is 33.2 Å². The van der Waals surface area contributed by atoms with Crippen LogP contribution in [-0.2, 0) is 4.79 Å². The van der Waals surface area contributed by atoms with Gasteiger partial charge in [0.05, 0.1) is 12.2 Å². The van der Waals surface area contributed by atoms with Crippen LogP contribution >= 0.6 is 15.9 Å². The van der Waals surface area contributed by atoms with Crippen molar-refractivity contribution in [3.05, 3.63) is 58.3 Å². The molecule has 2 aromatic rings. The smallest absolute Gasteiger partial charge is 0.243 e. The number of carbonyl (C=O) groups is 1. The predicted octanol–water partition coefficient (Wildman–Crippen LogP) is 3.92. The van der Waals surface area contributed by atoms with Crippen molar-refractivity contribution in [3.8, 4) is 0 Å². The van der Waals surface area contributed by atoms with E-state index >= 15 is 0 Å². The first kappa shape index (κ1) is 15.4. The van der Waals surface area contributed by atoms with Gasteiger partial charge in [0.15, 0.2) is 17.5 Å². The van der Waals surface area contributed by atoms with Gasteiger partial charge in [0.2, 0.25) is 5.91 Å². The molecule has 7 heteroatoms. The first-order valence-electron chi connectivity index (χ1n) is 5.90. The molecule has 110 valence electrons. The normalized spacial score (nSPS) is 10.3. The van der Waals surface area contributed by atoms with Crippen molar-refractivity contribution in [3.63, 3.8) is 0 Å². The Balaban J connectivity index is 1.98. The Bertz CT molecular complexity index is 679. The van der Waals surface area contributed by atoms with Crippen LogP contribution in [0.2, 0.25) is 0 Å². The third-order valence-electron chi connectivity index (χ3n) is 2.59. The maximum atomic E-state index is 13.4. The average molecular weight is 359 g/mol. The molecule has 2 rings (SSSR count). The fraction of sp³-hybridized carbons (Fsp3) is 0.0714. The molecule has 0 aromatic heterocycles. The molecule has 0 spiro atoms. The van der Waals surface area contributed by atoms with Crippen LogP contribution in [0.3, 0.4) is 0 Å². The van der Waals surface area contributed by atoms with Crippen LogP contribution < -0.4 is 10.6 Å². The second-order valence-electron chi connectivity index (χ2n) is 4.13. The number of benzene rings is 2. The van der Waals surface area contributed by atoms with Gasteiger partial charge in [0.25, 0.3) is 0 Å². The summed E-state index contributed by atoms with van der Waals surface area (Å²) in [7, 11) is 0. The average Bonchev–Trinajstić information content (AvgIpc) is 2.46. The van der Waals surface area contributed by atoms with Crippen molar-refractivity contribution in [2.24, 2.45) is 0 Å². The maximum Gasteiger partial charge on any atom is 0.243 e. The number of anilines is 2. The van der Waals surface area contributed by atoms with Gasteiger partial charge in [-0.25, -0.2) is 13.2 Å². The molecule has 0 aliphatic carbocycles. The van der Waals surface area contributed by atoms with E-state index in [9.17, 15) is 18.0 Å². The Morgan fingerprint density at radius 3 is 2.57 bits per heavy atom. The molecular weight excluding hydrogens is 349 g/mol. The fourth-order valence-electron chi connectivity index (χ4n) is 1.60. The van der Waals surface area contributed by atoms with Crippen molar-refractivity contribution in [1.29, 1.82) is 0 Å². The van der Waals surface area contributed by atoms with Gasteiger partial charge < -0.3 is 10.6 Å². The Hall–Kier alpha value is -2.02. The van der Waals surface area contributed by atoms with Gasteiger partial charge in [-0.1, -0.05) is 22.0 Å². The molecule has 0 aliphatic rings. The number of hydrogen-bond donors (Lipinski definition) is 2. The molecule has 0 heterocycles. The number of halogens is 4. The van der Waals surface area contributed by atoms with Crippen LogP contribution in [0.4, 0.5) is 24.5 Å². The zero-order valence-electron chi connectivity index (χ0n) is 10.6. The highest BCUT2D eigenvalue weighted by molar-refractivity contribution is 9.10. The standard InChI is InChI=1S/C14H10BrF3N2O/c15-8-2-1-3-9(6-8)19-7-12(21)20-11-5-4-10(16)13(17)14(11)18/h1-6,19H,7H2,(H,20,21). The molecule has 0 radical (unpaired) electrons. The zero-order chi connectivity index (χ0) is 15.4. The molecular formula is C14H10BrF3N2O. The topological polar surface area (TPSA) is 41.1 Å². The van der Waals surface area contributed by atoms with Crippen molar-refractivity contribution < 1.29 is 18.0 Å². The largest absolute Gasteiger partial charge is 0.376 e. The Morgan fingerprint density at radius 1 is 1.10 bits per heavy atom. The van der Waals surface area contributed by atoms with Crippen molar-refractivity contribution in [2.45, 2.75) is 0 Å². The lowest BCUT2D eigenvalue weighted by molar-refractivity contribution is -0.114. The van der Waals surface area contributed by atoms with E-state index in [0.29, 0.717) is 5.69 Å². The number of amides is 1. The van der Waals surface area contributed by atoms with Gasteiger partial charge in [0, 0.05) is 10.2 Å². The highest BCUT2D eigenvalue weighted by Gasteiger charge is 2.14. The third-order valence-corrected chi connectivity index (χ3v) is 3.08. The molecule has 0 unspecified atom stereocenters. The van der Waals surface area contributed by atoms with E-state index in [2.05, 4.69) is 26.6 Å². The van der Waals surface area contributed by atoms with Gasteiger partial charge in [-0.2, -0.15) is 0 Å². The minimum absolute atomic E-state index is 0.144. The van der Waals surface area contributed by atoms with Crippen LogP contribution in [0.5, 0.6) is 0 Å². The Labute approximate surface area is 127 Å². The lowest BCUT2D eigenvalue weighted by atomic mass is 10.2. The van der Waals surface area contributed by atoms with Gasteiger partial charge in [-0.05, 0) is 30.3 Å². The van der Waals surface area contributed by atoms with Crippen LogP contribution in [0.15, 0.2) is 40.9 Å². The summed E-state index contributed by atoms with van der Waals surface area (Å²) in [5, 5.41) is 4.99. The summed E-state index contributed by atoms with van der Waals surface area (Å²) in [5.74, 6) is -4.93. The van der Waals surface area contributed by atoms with E-state index in [1.54, 1.807) is 18.2 Å². The lowest BCUT2D eigenvalue weighted by Gasteiger charge is -2.09. The summed E-state index contributed by atoms with van der Waals surface area (Å²) in [6.45, 7) is -0.144. The molecule has 0 fully saturated rings. The molecule has 3 nitrogen and oxygen atoms in total. The van der Waals surface area contributed by atoms with Gasteiger partial charge in [-0.15, -0.1) is 0 Å². The van der Waals surface area contributed by atoms with Crippen LogP contribution in [0, 0.1) is 17.5 Å². The van der Waals surface area contributed by atoms with E-state index in [0.717, 1.165) is 16.6 Å². The highest BCUT2D eigenvalue weighted by Crippen LogP contribution is 2.19. The number of rotatable bonds is 4. The van der Waals surface area contributed by atoms with Gasteiger partial charge >= 0.3 is 0 Å². The molecule has 0 bridgehead atoms. The van der Waals surface area contributed by atoms with Crippen LogP contribution in [0.25, 0.3) is 0 Å². The monoisotopic (exact) mass is 358 g/mol. The second-order valence-corrected chi connectivity index (χ2v) is 5.05. The number of hydrogen-bond acceptors (Lipinski definition) is 2. The molecule has 21 heavy (non-hydrogen) atoms. The minimum atomic E-state index is -1.62. The maximum absolute atomic E-state index is 13.4. The van der Waals surface area contributed by atoms with E-state index < -0.39 is 29.0 Å². The summed E-state index contributed by atoms with van der Waals surface area (Å²) in [6.07, 6.45) is 0.